The summed E-state index contributed by atoms with van der Waals surface area (Å²) in [6.07, 6.45) is -1.84. The second-order valence-electron chi connectivity index (χ2n) is 9.67. The van der Waals surface area contributed by atoms with Crippen LogP contribution in [0.1, 0.15) is 43.6 Å². The van der Waals surface area contributed by atoms with Gasteiger partial charge in [0, 0.05) is 6.42 Å². The smallest absolute Gasteiger partial charge is 0.451 e. The summed E-state index contributed by atoms with van der Waals surface area (Å²) in [4.78, 5) is 26.0. The van der Waals surface area contributed by atoms with Crippen molar-refractivity contribution in [3.8, 4) is 5.75 Å². The van der Waals surface area contributed by atoms with Gasteiger partial charge in [-0.25, -0.2) is 9.59 Å². The molecule has 8 nitrogen and oxygen atoms in total. The van der Waals surface area contributed by atoms with Crippen molar-refractivity contribution in [1.82, 2.24) is 5.32 Å². The zero-order chi connectivity index (χ0) is 29.6. The molecule has 3 rings (SSSR count). The third-order valence-corrected chi connectivity index (χ3v) is 6.25. The third-order valence-electron chi connectivity index (χ3n) is 5.27. The van der Waals surface area contributed by atoms with Crippen molar-refractivity contribution >= 4 is 22.2 Å². The van der Waals surface area contributed by atoms with Gasteiger partial charge in [-0.05, 0) is 49.6 Å². The fraction of sp³-hybridized carbons (Fsp3) is 0.286. The molecule has 1 atom stereocenters. The molecule has 1 N–H and O–H groups in total. The largest absolute Gasteiger partial charge is 0.534 e. The Labute approximate surface area is 230 Å². The van der Waals surface area contributed by atoms with E-state index in [1.807, 2.05) is 12.1 Å². The highest BCUT2D eigenvalue weighted by Crippen LogP contribution is 2.28. The van der Waals surface area contributed by atoms with Gasteiger partial charge in [0.15, 0.2) is 6.10 Å². The molecule has 214 valence electrons. The molecular weight excluding hydrogens is 551 g/mol. The third kappa shape index (κ3) is 8.73. The SMILES string of the molecule is CC(C)(C)OC(=O)N[C@@H](Cc1ccc(OS(=O)(=O)C(F)(F)F)cc1)C(=O)OC(c1ccccc1)c1ccccc1. The first kappa shape index (κ1) is 30.5. The first-order chi connectivity index (χ1) is 18.6. The number of halogens is 3. The van der Waals surface area contributed by atoms with Crippen LogP contribution in [0.25, 0.3) is 0 Å². The standard InChI is InChI=1S/C28H28F3NO7S/c1-27(2,3)38-26(34)32-23(18-19-14-16-22(17-15-19)39-40(35,36)28(29,30)31)25(33)37-24(20-10-6-4-7-11-20)21-12-8-5-9-13-21/h4-17,23-24H,18H2,1-3H3,(H,32,34)/t23-/m0/s1. The molecular formula is C28H28F3NO7S. The number of esters is 1. The maximum atomic E-state index is 13.4. The maximum Gasteiger partial charge on any atom is 0.534 e. The zero-order valence-electron chi connectivity index (χ0n) is 21.8. The molecule has 3 aromatic rings. The molecule has 0 fully saturated rings. The number of alkyl halides is 3. The van der Waals surface area contributed by atoms with Crippen LogP contribution in [-0.4, -0.2) is 37.6 Å². The molecule has 12 heteroatoms. The van der Waals surface area contributed by atoms with Crippen LogP contribution >= 0.6 is 0 Å². The topological polar surface area (TPSA) is 108 Å². The van der Waals surface area contributed by atoms with Crippen LogP contribution in [0, 0.1) is 0 Å². The van der Waals surface area contributed by atoms with Gasteiger partial charge in [0.25, 0.3) is 0 Å². The average molecular weight is 580 g/mol. The summed E-state index contributed by atoms with van der Waals surface area (Å²) in [7, 11) is -5.85. The summed E-state index contributed by atoms with van der Waals surface area (Å²) in [5.41, 5.74) is -4.72. The number of ether oxygens (including phenoxy) is 2. The molecule has 1 amide bonds. The lowest BCUT2D eigenvalue weighted by molar-refractivity contribution is -0.150. The summed E-state index contributed by atoms with van der Waals surface area (Å²) in [6.45, 7) is 4.94. The number of nitrogens with one attached hydrogen (secondary N) is 1. The minimum absolute atomic E-state index is 0.152. The summed E-state index contributed by atoms with van der Waals surface area (Å²) in [5, 5.41) is 2.49. The van der Waals surface area contributed by atoms with Gasteiger partial charge >= 0.3 is 27.7 Å². The van der Waals surface area contributed by atoms with E-state index in [0.717, 1.165) is 12.1 Å². The molecule has 0 aliphatic carbocycles. The molecule has 0 spiro atoms. The number of hydrogen-bond donors (Lipinski definition) is 1. The monoisotopic (exact) mass is 579 g/mol. The van der Waals surface area contributed by atoms with Crippen molar-refractivity contribution < 1.29 is 44.8 Å². The Balaban J connectivity index is 1.86. The van der Waals surface area contributed by atoms with E-state index in [0.29, 0.717) is 16.7 Å². The lowest BCUT2D eigenvalue weighted by Gasteiger charge is -2.25. The van der Waals surface area contributed by atoms with Crippen LogP contribution in [0.5, 0.6) is 5.75 Å². The fourth-order valence-electron chi connectivity index (χ4n) is 3.52. The highest BCUT2D eigenvalue weighted by atomic mass is 32.2. The lowest BCUT2D eigenvalue weighted by Crippen LogP contribution is -2.45. The molecule has 0 aliphatic heterocycles. The molecule has 0 heterocycles. The van der Waals surface area contributed by atoms with Gasteiger partial charge in [-0.15, -0.1) is 0 Å². The minimum atomic E-state index is -5.85. The van der Waals surface area contributed by atoms with Gasteiger partial charge in [0.05, 0.1) is 0 Å². The number of rotatable bonds is 9. The van der Waals surface area contributed by atoms with Crippen molar-refractivity contribution in [2.45, 2.75) is 50.4 Å². The summed E-state index contributed by atoms with van der Waals surface area (Å²) in [5.74, 6) is -1.38. The van der Waals surface area contributed by atoms with Crippen LogP contribution in [0.4, 0.5) is 18.0 Å². The van der Waals surface area contributed by atoms with Crippen molar-refractivity contribution in [1.29, 1.82) is 0 Å². The highest BCUT2D eigenvalue weighted by molar-refractivity contribution is 7.88. The van der Waals surface area contributed by atoms with Gasteiger partial charge in [-0.3, -0.25) is 0 Å². The van der Waals surface area contributed by atoms with Crippen molar-refractivity contribution in [3.63, 3.8) is 0 Å². The molecule has 0 aliphatic rings. The van der Waals surface area contributed by atoms with Crippen LogP contribution in [0.2, 0.25) is 0 Å². The van der Waals surface area contributed by atoms with Gasteiger partial charge in [-0.1, -0.05) is 72.8 Å². The Morgan fingerprint density at radius 3 is 1.77 bits per heavy atom. The Hall–Kier alpha value is -4.06. The molecule has 0 bridgehead atoms. The molecule has 0 radical (unpaired) electrons. The molecule has 0 saturated carbocycles. The predicted octanol–water partition coefficient (Wildman–Crippen LogP) is 5.68. The zero-order valence-corrected chi connectivity index (χ0v) is 22.7. The van der Waals surface area contributed by atoms with Crippen molar-refractivity contribution in [3.05, 3.63) is 102 Å². The van der Waals surface area contributed by atoms with Crippen LogP contribution in [0.3, 0.4) is 0 Å². The Morgan fingerprint density at radius 1 is 0.825 bits per heavy atom. The summed E-state index contributed by atoms with van der Waals surface area (Å²) < 4.78 is 75.7. The second kappa shape index (κ2) is 12.4. The van der Waals surface area contributed by atoms with E-state index in [-0.39, 0.29) is 6.42 Å². The average Bonchev–Trinajstić information content (AvgIpc) is 2.87. The van der Waals surface area contributed by atoms with E-state index in [1.165, 1.54) is 12.1 Å². The predicted molar refractivity (Wildman–Crippen MR) is 140 cm³/mol. The Bertz CT molecular complexity index is 1350. The van der Waals surface area contributed by atoms with Crippen LogP contribution < -0.4 is 9.50 Å². The van der Waals surface area contributed by atoms with Crippen LogP contribution in [-0.2, 0) is 30.8 Å². The van der Waals surface area contributed by atoms with Gasteiger partial charge in [-0.2, -0.15) is 21.6 Å². The van der Waals surface area contributed by atoms with Gasteiger partial charge in [0.2, 0.25) is 0 Å². The van der Waals surface area contributed by atoms with E-state index in [9.17, 15) is 31.2 Å². The van der Waals surface area contributed by atoms with Crippen molar-refractivity contribution in [2.75, 3.05) is 0 Å². The van der Waals surface area contributed by atoms with E-state index >= 15 is 0 Å². The number of hydrogen-bond acceptors (Lipinski definition) is 7. The normalized spacial score (nSPS) is 12.9. The Kier molecular flexibility index (Phi) is 9.46. The summed E-state index contributed by atoms with van der Waals surface area (Å²) >= 11 is 0. The van der Waals surface area contributed by atoms with Gasteiger partial charge < -0.3 is 19.0 Å². The number of carbonyl (C=O) groups excluding carboxylic acids is 2. The first-order valence-electron chi connectivity index (χ1n) is 12.0. The second-order valence-corrected chi connectivity index (χ2v) is 11.2. The van der Waals surface area contributed by atoms with E-state index in [2.05, 4.69) is 9.50 Å². The Morgan fingerprint density at radius 2 is 1.32 bits per heavy atom. The number of amides is 1. The lowest BCUT2D eigenvalue weighted by atomic mass is 10.0. The maximum absolute atomic E-state index is 13.4. The number of carbonyl (C=O) groups is 2. The first-order valence-corrected chi connectivity index (χ1v) is 13.4. The highest BCUT2D eigenvalue weighted by Gasteiger charge is 2.48. The van der Waals surface area contributed by atoms with E-state index in [1.54, 1.807) is 69.3 Å². The molecule has 3 aromatic carbocycles. The van der Waals surface area contributed by atoms with Crippen LogP contribution in [0.15, 0.2) is 84.9 Å². The molecule has 0 unspecified atom stereocenters. The fourth-order valence-corrected chi connectivity index (χ4v) is 3.98. The van der Waals surface area contributed by atoms with Crippen molar-refractivity contribution in [2.24, 2.45) is 0 Å². The molecule has 40 heavy (non-hydrogen) atoms. The minimum Gasteiger partial charge on any atom is -0.451 e. The number of alkyl carbamates (subject to hydrolysis) is 1. The molecule has 0 aromatic heterocycles. The van der Waals surface area contributed by atoms with E-state index in [4.69, 9.17) is 9.47 Å². The quantitative estimate of drug-likeness (QED) is 0.197. The van der Waals surface area contributed by atoms with E-state index < -0.39 is 51.2 Å². The van der Waals surface area contributed by atoms with Gasteiger partial charge in [0.1, 0.15) is 17.4 Å². The molecule has 0 saturated heterocycles. The summed E-state index contributed by atoms with van der Waals surface area (Å²) in [6, 6.07) is 21.2. The number of benzene rings is 3.